The molecule has 0 unspecified atom stereocenters. The van der Waals surface area contributed by atoms with Crippen LogP contribution < -0.4 is 10.1 Å². The number of aryl methyl sites for hydroxylation is 1. The van der Waals surface area contributed by atoms with Crippen LogP contribution in [-0.2, 0) is 17.9 Å². The highest BCUT2D eigenvalue weighted by Crippen LogP contribution is 2.23. The van der Waals surface area contributed by atoms with E-state index in [1.165, 1.54) is 11.3 Å². The molecular weight excluding hydrogens is 390 g/mol. The minimum absolute atomic E-state index is 0.0965. The first-order chi connectivity index (χ1) is 14.2. The molecule has 4 rings (SSSR count). The van der Waals surface area contributed by atoms with E-state index in [1.54, 1.807) is 23.9 Å². The number of ether oxygens (including phenoxy) is 2. The minimum atomic E-state index is -0.421. The Balaban J connectivity index is 1.37. The zero-order chi connectivity index (χ0) is 20.2. The van der Waals surface area contributed by atoms with Crippen LogP contribution in [0.2, 0.25) is 0 Å². The molecule has 29 heavy (non-hydrogen) atoms. The van der Waals surface area contributed by atoms with Crippen molar-refractivity contribution in [1.82, 2.24) is 20.0 Å². The molecule has 2 heterocycles. The van der Waals surface area contributed by atoms with Gasteiger partial charge in [0, 0.05) is 17.6 Å². The molecule has 0 aliphatic carbocycles. The van der Waals surface area contributed by atoms with Gasteiger partial charge in [0.15, 0.2) is 5.13 Å². The number of rotatable bonds is 7. The van der Waals surface area contributed by atoms with E-state index >= 15 is 0 Å². The number of nitrogens with zero attached hydrogens (tertiary/aromatic N) is 4. The van der Waals surface area contributed by atoms with Crippen molar-refractivity contribution in [3.05, 3.63) is 59.1 Å². The maximum atomic E-state index is 12.4. The second-order valence-electron chi connectivity index (χ2n) is 6.18. The van der Waals surface area contributed by atoms with Gasteiger partial charge in [-0.1, -0.05) is 5.21 Å². The first-order valence-electron chi connectivity index (χ1n) is 9.02. The highest BCUT2D eigenvalue weighted by Gasteiger charge is 2.12. The van der Waals surface area contributed by atoms with Crippen LogP contribution in [0.4, 0.5) is 10.8 Å². The molecule has 2 aromatic carbocycles. The molecule has 0 fully saturated rings. The van der Waals surface area contributed by atoms with Gasteiger partial charge in [-0.15, -0.1) is 16.4 Å². The van der Waals surface area contributed by atoms with Crippen molar-refractivity contribution >= 4 is 39.2 Å². The Morgan fingerprint density at radius 1 is 1.21 bits per heavy atom. The highest BCUT2D eigenvalue weighted by atomic mass is 32.1. The van der Waals surface area contributed by atoms with Crippen molar-refractivity contribution < 1.29 is 14.3 Å². The van der Waals surface area contributed by atoms with Crippen LogP contribution in [0.1, 0.15) is 23.0 Å². The van der Waals surface area contributed by atoms with E-state index in [4.69, 9.17) is 9.47 Å². The quantitative estimate of drug-likeness (QED) is 0.461. The van der Waals surface area contributed by atoms with Gasteiger partial charge in [0.1, 0.15) is 17.9 Å². The molecule has 0 atom stereocenters. The summed E-state index contributed by atoms with van der Waals surface area (Å²) in [5.41, 5.74) is 3.57. The Bertz CT molecular complexity index is 1140. The summed E-state index contributed by atoms with van der Waals surface area (Å²) in [6, 6.07) is 12.8. The second-order valence-corrected chi connectivity index (χ2v) is 7.04. The molecule has 0 saturated carbocycles. The number of hydrogen-bond donors (Lipinski definition) is 1. The smallest absolute Gasteiger partial charge is 0.338 e. The van der Waals surface area contributed by atoms with Gasteiger partial charge in [-0.05, 0) is 49.4 Å². The summed E-state index contributed by atoms with van der Waals surface area (Å²) in [4.78, 5) is 16.8. The Kier molecular flexibility index (Phi) is 5.39. The molecule has 0 saturated heterocycles. The van der Waals surface area contributed by atoms with E-state index in [-0.39, 0.29) is 6.61 Å². The number of fused-ring (bicyclic) bond motifs is 1. The van der Waals surface area contributed by atoms with E-state index in [2.05, 4.69) is 20.6 Å². The molecule has 1 N–H and O–H groups in total. The van der Waals surface area contributed by atoms with Crippen LogP contribution in [0, 0.1) is 0 Å². The number of anilines is 2. The molecule has 0 spiro atoms. The largest absolute Gasteiger partial charge is 0.497 e. The molecule has 4 aromatic rings. The lowest BCUT2D eigenvalue weighted by Crippen LogP contribution is -2.05. The predicted octanol–water partition coefficient (Wildman–Crippen LogP) is 4.02. The Morgan fingerprint density at radius 2 is 2.03 bits per heavy atom. The van der Waals surface area contributed by atoms with E-state index in [0.717, 1.165) is 28.6 Å². The van der Waals surface area contributed by atoms with Crippen LogP contribution in [0.15, 0.2) is 47.8 Å². The van der Waals surface area contributed by atoms with Gasteiger partial charge < -0.3 is 14.8 Å². The van der Waals surface area contributed by atoms with Crippen LogP contribution in [0.5, 0.6) is 5.75 Å². The fraction of sp³-hybridized carbons (Fsp3) is 0.200. The number of benzene rings is 2. The fourth-order valence-corrected chi connectivity index (χ4v) is 3.50. The first kappa shape index (κ1) is 18.9. The van der Waals surface area contributed by atoms with Gasteiger partial charge in [-0.25, -0.2) is 14.5 Å². The monoisotopic (exact) mass is 409 g/mol. The number of aromatic nitrogens is 4. The van der Waals surface area contributed by atoms with Gasteiger partial charge in [0.05, 0.1) is 23.9 Å². The van der Waals surface area contributed by atoms with Crippen molar-refractivity contribution in [3.63, 3.8) is 0 Å². The first-order valence-corrected chi connectivity index (χ1v) is 9.90. The maximum absolute atomic E-state index is 12.4. The normalized spacial score (nSPS) is 10.8. The molecule has 2 aromatic heterocycles. The number of hydrogen-bond acceptors (Lipinski definition) is 8. The van der Waals surface area contributed by atoms with Crippen molar-refractivity contribution in [2.75, 3.05) is 12.4 Å². The molecule has 0 aliphatic rings. The van der Waals surface area contributed by atoms with Gasteiger partial charge >= 0.3 is 5.97 Å². The van der Waals surface area contributed by atoms with E-state index in [0.29, 0.717) is 16.8 Å². The third-order valence-corrected chi connectivity index (χ3v) is 5.10. The summed E-state index contributed by atoms with van der Waals surface area (Å²) >= 11 is 1.44. The molecule has 9 heteroatoms. The molecule has 0 radical (unpaired) electrons. The summed E-state index contributed by atoms with van der Waals surface area (Å²) < 4.78 is 12.3. The summed E-state index contributed by atoms with van der Waals surface area (Å²) in [7, 11) is 1.63. The Labute approximate surface area is 171 Å². The SMILES string of the molecule is CCn1nnc2cc(C(=O)OCc3csc(Nc4ccc(OC)cc4)n3)ccc21. The highest BCUT2D eigenvalue weighted by molar-refractivity contribution is 7.13. The third-order valence-electron chi connectivity index (χ3n) is 4.29. The molecule has 148 valence electrons. The Morgan fingerprint density at radius 3 is 2.79 bits per heavy atom. The number of esters is 1. The summed E-state index contributed by atoms with van der Waals surface area (Å²) in [6.07, 6.45) is 0. The van der Waals surface area contributed by atoms with E-state index in [1.807, 2.05) is 42.6 Å². The van der Waals surface area contributed by atoms with Crippen LogP contribution >= 0.6 is 11.3 Å². The van der Waals surface area contributed by atoms with E-state index < -0.39 is 5.97 Å². The lowest BCUT2D eigenvalue weighted by Gasteiger charge is -2.04. The van der Waals surface area contributed by atoms with Crippen LogP contribution in [-0.4, -0.2) is 33.1 Å². The summed E-state index contributed by atoms with van der Waals surface area (Å²) in [5, 5.41) is 13.9. The van der Waals surface area contributed by atoms with Gasteiger partial charge in [0.2, 0.25) is 0 Å². The minimum Gasteiger partial charge on any atom is -0.497 e. The fourth-order valence-electron chi connectivity index (χ4n) is 2.78. The zero-order valence-corrected chi connectivity index (χ0v) is 16.8. The van der Waals surface area contributed by atoms with Crippen LogP contribution in [0.3, 0.4) is 0 Å². The van der Waals surface area contributed by atoms with Crippen molar-refractivity contribution in [2.24, 2.45) is 0 Å². The van der Waals surface area contributed by atoms with Crippen LogP contribution in [0.25, 0.3) is 11.0 Å². The number of thiazole rings is 1. The second kappa shape index (κ2) is 8.27. The topological polar surface area (TPSA) is 91.2 Å². The van der Waals surface area contributed by atoms with Crippen molar-refractivity contribution in [1.29, 1.82) is 0 Å². The van der Waals surface area contributed by atoms with Crippen molar-refractivity contribution in [2.45, 2.75) is 20.1 Å². The third kappa shape index (κ3) is 4.19. The van der Waals surface area contributed by atoms with Gasteiger partial charge in [-0.2, -0.15) is 0 Å². The summed E-state index contributed by atoms with van der Waals surface area (Å²) in [6.45, 7) is 2.80. The number of methoxy groups -OCH3 is 1. The molecular formula is C20H19N5O3S. The Hall–Kier alpha value is -3.46. The average molecular weight is 409 g/mol. The maximum Gasteiger partial charge on any atom is 0.338 e. The zero-order valence-electron chi connectivity index (χ0n) is 16.0. The molecule has 0 bridgehead atoms. The van der Waals surface area contributed by atoms with Gasteiger partial charge in [-0.3, -0.25) is 0 Å². The van der Waals surface area contributed by atoms with Crippen molar-refractivity contribution in [3.8, 4) is 5.75 Å². The number of carbonyl (C=O) groups excluding carboxylic acids is 1. The van der Waals surface area contributed by atoms with E-state index in [9.17, 15) is 4.79 Å². The lowest BCUT2D eigenvalue weighted by molar-refractivity contribution is 0.0468. The predicted molar refractivity (Wildman–Crippen MR) is 111 cm³/mol. The number of carbonyl (C=O) groups is 1. The number of nitrogens with one attached hydrogen (secondary N) is 1. The molecule has 8 nitrogen and oxygen atoms in total. The lowest BCUT2D eigenvalue weighted by atomic mass is 10.2. The van der Waals surface area contributed by atoms with Gasteiger partial charge in [0.25, 0.3) is 0 Å². The molecule has 0 amide bonds. The standard InChI is InChI=1S/C20H19N5O3S/c1-3-25-18-9-4-13(10-17(18)23-24-25)19(26)28-11-15-12-29-20(22-15)21-14-5-7-16(27-2)8-6-14/h4-10,12H,3,11H2,1-2H3,(H,21,22). The molecule has 0 aliphatic heterocycles. The average Bonchev–Trinajstić information content (AvgIpc) is 3.38. The summed E-state index contributed by atoms with van der Waals surface area (Å²) in [5.74, 6) is 0.369.